The Bertz CT molecular complexity index is 1120. The largest absolute Gasteiger partial charge is 0.390 e. The maximum atomic E-state index is 13.6. The maximum absolute atomic E-state index is 13.6. The molecule has 186 valence electrons. The summed E-state index contributed by atoms with van der Waals surface area (Å²) in [6.45, 7) is 5.54. The topological polar surface area (TPSA) is 95.5 Å². The van der Waals surface area contributed by atoms with E-state index in [1.807, 2.05) is 12.1 Å². The SMILES string of the molecule is CC(=O)NC(Cc1cc(F)cc(F)c1)C(O)CNC1CCS(=O)(=O)c2ccc(CC(C)C)cc21. The summed E-state index contributed by atoms with van der Waals surface area (Å²) in [6.07, 6.45) is 0.131. The highest BCUT2D eigenvalue weighted by Gasteiger charge is 2.31. The van der Waals surface area contributed by atoms with Crippen molar-refractivity contribution in [2.45, 2.75) is 63.1 Å². The summed E-state index contributed by atoms with van der Waals surface area (Å²) >= 11 is 0. The van der Waals surface area contributed by atoms with Gasteiger partial charge in [-0.1, -0.05) is 26.0 Å². The third-order valence-electron chi connectivity index (χ3n) is 5.91. The molecule has 3 atom stereocenters. The van der Waals surface area contributed by atoms with Gasteiger partial charge in [-0.25, -0.2) is 17.2 Å². The molecule has 1 heterocycles. The molecule has 6 nitrogen and oxygen atoms in total. The Hall–Kier alpha value is -2.36. The van der Waals surface area contributed by atoms with Crippen LogP contribution in [0.3, 0.4) is 0 Å². The van der Waals surface area contributed by atoms with E-state index in [-0.39, 0.29) is 30.7 Å². The number of rotatable bonds is 9. The molecule has 9 heteroatoms. The quantitative estimate of drug-likeness (QED) is 0.498. The molecular formula is C25H32F2N2O4S. The molecule has 0 saturated carbocycles. The van der Waals surface area contributed by atoms with Gasteiger partial charge in [0.15, 0.2) is 9.84 Å². The van der Waals surface area contributed by atoms with Crippen LogP contribution in [0.15, 0.2) is 41.3 Å². The van der Waals surface area contributed by atoms with Crippen LogP contribution in [0.2, 0.25) is 0 Å². The van der Waals surface area contributed by atoms with E-state index >= 15 is 0 Å². The number of halogens is 2. The van der Waals surface area contributed by atoms with E-state index in [0.717, 1.165) is 30.2 Å². The summed E-state index contributed by atoms with van der Waals surface area (Å²) in [5, 5.41) is 16.7. The Balaban J connectivity index is 1.77. The lowest BCUT2D eigenvalue weighted by atomic mass is 9.96. The first-order valence-electron chi connectivity index (χ1n) is 11.4. The molecule has 1 aliphatic heterocycles. The number of sulfone groups is 1. The van der Waals surface area contributed by atoms with Gasteiger partial charge in [0.1, 0.15) is 11.6 Å². The first-order chi connectivity index (χ1) is 15.9. The second-order valence-corrected chi connectivity index (χ2v) is 11.5. The average Bonchev–Trinajstić information content (AvgIpc) is 2.71. The Morgan fingerprint density at radius 3 is 2.38 bits per heavy atom. The standard InChI is InChI=1S/C25H32F2N2O4S/c1-15(2)8-17-4-5-25-21(11-17)22(6-7-34(25,32)33)28-14-24(31)23(29-16(3)30)12-18-9-19(26)13-20(27)10-18/h4-5,9-11,13,15,22-24,28,31H,6-8,12,14H2,1-3H3,(H,29,30). The fraction of sp³-hybridized carbons (Fsp3) is 0.480. The minimum absolute atomic E-state index is 0.00498. The van der Waals surface area contributed by atoms with E-state index in [9.17, 15) is 27.1 Å². The molecule has 0 aliphatic carbocycles. The van der Waals surface area contributed by atoms with E-state index in [1.54, 1.807) is 6.07 Å². The minimum atomic E-state index is -3.37. The Morgan fingerprint density at radius 2 is 1.76 bits per heavy atom. The Kier molecular flexibility index (Phi) is 8.43. The van der Waals surface area contributed by atoms with Gasteiger partial charge < -0.3 is 15.7 Å². The van der Waals surface area contributed by atoms with Crippen LogP contribution in [0, 0.1) is 17.6 Å². The van der Waals surface area contributed by atoms with Gasteiger partial charge in [0.25, 0.3) is 0 Å². The molecule has 0 aromatic heterocycles. The summed E-state index contributed by atoms with van der Waals surface area (Å²) in [5.74, 6) is -1.44. The molecule has 3 rings (SSSR count). The van der Waals surface area contributed by atoms with Crippen molar-refractivity contribution in [1.29, 1.82) is 0 Å². The zero-order chi connectivity index (χ0) is 25.0. The van der Waals surface area contributed by atoms with Crippen LogP contribution in [-0.4, -0.2) is 43.9 Å². The number of amides is 1. The van der Waals surface area contributed by atoms with Crippen LogP contribution < -0.4 is 10.6 Å². The zero-order valence-corrected chi connectivity index (χ0v) is 20.5. The lowest BCUT2D eigenvalue weighted by Crippen LogP contribution is -2.49. The van der Waals surface area contributed by atoms with E-state index in [2.05, 4.69) is 24.5 Å². The van der Waals surface area contributed by atoms with Crippen LogP contribution in [0.1, 0.15) is 49.9 Å². The van der Waals surface area contributed by atoms with Gasteiger partial charge in [0.05, 0.1) is 22.8 Å². The van der Waals surface area contributed by atoms with Gasteiger partial charge in [-0.3, -0.25) is 4.79 Å². The van der Waals surface area contributed by atoms with Crippen molar-refractivity contribution < 1.29 is 27.1 Å². The van der Waals surface area contributed by atoms with Gasteiger partial charge in [-0.15, -0.1) is 0 Å². The van der Waals surface area contributed by atoms with Crippen molar-refractivity contribution in [1.82, 2.24) is 10.6 Å². The van der Waals surface area contributed by atoms with Crippen LogP contribution in [0.5, 0.6) is 0 Å². The second kappa shape index (κ2) is 10.9. The van der Waals surface area contributed by atoms with E-state index < -0.39 is 33.6 Å². The Morgan fingerprint density at radius 1 is 1.09 bits per heavy atom. The van der Waals surface area contributed by atoms with Crippen LogP contribution in [-0.2, 0) is 27.5 Å². The molecule has 2 aromatic carbocycles. The van der Waals surface area contributed by atoms with Gasteiger partial charge in [0, 0.05) is 25.6 Å². The van der Waals surface area contributed by atoms with Gasteiger partial charge in [0.2, 0.25) is 5.91 Å². The van der Waals surface area contributed by atoms with Gasteiger partial charge in [-0.2, -0.15) is 0 Å². The van der Waals surface area contributed by atoms with E-state index in [4.69, 9.17) is 0 Å². The summed E-state index contributed by atoms with van der Waals surface area (Å²) in [6, 6.07) is 7.43. The monoisotopic (exact) mass is 494 g/mol. The smallest absolute Gasteiger partial charge is 0.217 e. The molecular weight excluding hydrogens is 462 g/mol. The lowest BCUT2D eigenvalue weighted by Gasteiger charge is -2.30. The molecule has 1 aliphatic rings. The van der Waals surface area contributed by atoms with Crippen molar-refractivity contribution in [2.24, 2.45) is 5.92 Å². The summed E-state index contributed by atoms with van der Waals surface area (Å²) in [7, 11) is -3.37. The van der Waals surface area contributed by atoms with Gasteiger partial charge >= 0.3 is 0 Å². The molecule has 3 N–H and O–H groups in total. The fourth-order valence-corrected chi connectivity index (χ4v) is 6.04. The minimum Gasteiger partial charge on any atom is -0.390 e. The molecule has 34 heavy (non-hydrogen) atoms. The number of benzene rings is 2. The third kappa shape index (κ3) is 6.84. The van der Waals surface area contributed by atoms with Crippen molar-refractivity contribution in [2.75, 3.05) is 12.3 Å². The van der Waals surface area contributed by atoms with Crippen LogP contribution >= 0.6 is 0 Å². The molecule has 2 aromatic rings. The zero-order valence-electron chi connectivity index (χ0n) is 19.6. The van der Waals surface area contributed by atoms with Crippen LogP contribution in [0.25, 0.3) is 0 Å². The lowest BCUT2D eigenvalue weighted by molar-refractivity contribution is -0.120. The normalized spacial score (nSPS) is 18.9. The number of hydrogen-bond acceptors (Lipinski definition) is 5. The van der Waals surface area contributed by atoms with Crippen molar-refractivity contribution in [3.8, 4) is 0 Å². The first kappa shape index (κ1) is 26.2. The van der Waals surface area contributed by atoms with E-state index in [1.165, 1.54) is 6.92 Å². The Labute approximate surface area is 199 Å². The predicted molar refractivity (Wildman–Crippen MR) is 126 cm³/mol. The van der Waals surface area contributed by atoms with Crippen LogP contribution in [0.4, 0.5) is 8.78 Å². The number of fused-ring (bicyclic) bond motifs is 1. The number of hydrogen-bond donors (Lipinski definition) is 3. The fourth-order valence-electron chi connectivity index (χ4n) is 4.43. The highest BCUT2D eigenvalue weighted by Crippen LogP contribution is 2.33. The number of aliphatic hydroxyl groups is 1. The number of nitrogens with one attached hydrogen (secondary N) is 2. The summed E-state index contributed by atoms with van der Waals surface area (Å²) in [4.78, 5) is 12.0. The maximum Gasteiger partial charge on any atom is 0.217 e. The number of carbonyl (C=O) groups excluding carboxylic acids is 1. The highest BCUT2D eigenvalue weighted by atomic mass is 32.2. The highest BCUT2D eigenvalue weighted by molar-refractivity contribution is 7.91. The van der Waals surface area contributed by atoms with Crippen molar-refractivity contribution in [3.05, 3.63) is 64.7 Å². The molecule has 1 amide bonds. The molecule has 0 saturated heterocycles. The van der Waals surface area contributed by atoms with Gasteiger partial charge in [-0.05, 0) is 60.1 Å². The van der Waals surface area contributed by atoms with Crippen molar-refractivity contribution in [3.63, 3.8) is 0 Å². The first-order valence-corrected chi connectivity index (χ1v) is 13.1. The van der Waals surface area contributed by atoms with Crippen molar-refractivity contribution >= 4 is 15.7 Å². The number of carbonyl (C=O) groups is 1. The second-order valence-electron chi connectivity index (χ2n) is 9.39. The predicted octanol–water partition coefficient (Wildman–Crippen LogP) is 3.08. The summed E-state index contributed by atoms with van der Waals surface area (Å²) in [5.41, 5.74) is 2.03. The molecule has 0 spiro atoms. The molecule has 0 fully saturated rings. The average molecular weight is 495 g/mol. The molecule has 3 unspecified atom stereocenters. The molecule has 0 bridgehead atoms. The number of aliphatic hydroxyl groups excluding tert-OH is 1. The summed E-state index contributed by atoms with van der Waals surface area (Å²) < 4.78 is 52.4. The third-order valence-corrected chi connectivity index (χ3v) is 7.72. The van der Waals surface area contributed by atoms with E-state index in [0.29, 0.717) is 28.4 Å². The molecule has 0 radical (unpaired) electrons.